The minimum absolute atomic E-state index is 0.239. The molecule has 19 heteroatoms. The summed E-state index contributed by atoms with van der Waals surface area (Å²) in [6.45, 7) is 1.63. The number of aliphatic hydroxyl groups is 11. The Kier molecular flexibility index (Phi) is 53.7. The van der Waals surface area contributed by atoms with E-state index in [4.69, 9.17) is 28.4 Å². The van der Waals surface area contributed by atoms with Gasteiger partial charge in [-0.2, -0.15) is 0 Å². The van der Waals surface area contributed by atoms with Crippen LogP contribution in [0.15, 0.2) is 97.2 Å². The normalized spacial score (nSPS) is 27.3. The third-order valence-electron chi connectivity index (χ3n) is 18.6. The molecule has 98 heavy (non-hydrogen) atoms. The van der Waals surface area contributed by atoms with Gasteiger partial charge in [0, 0.05) is 6.42 Å². The molecule has 17 unspecified atom stereocenters. The Hall–Kier alpha value is -3.29. The number of rotatable bonds is 59. The fraction of sp³-hybridized carbons (Fsp3) is 0.785. The molecule has 0 aliphatic carbocycles. The molecule has 3 saturated heterocycles. The minimum atomic E-state index is -1.98. The zero-order valence-electron chi connectivity index (χ0n) is 60.2. The molecule has 0 bridgehead atoms. The second-order valence-corrected chi connectivity index (χ2v) is 27.1. The lowest BCUT2D eigenvalue weighted by Gasteiger charge is -2.48. The van der Waals surface area contributed by atoms with E-state index < -0.39 is 124 Å². The van der Waals surface area contributed by atoms with Crippen molar-refractivity contribution in [2.24, 2.45) is 0 Å². The van der Waals surface area contributed by atoms with Gasteiger partial charge in [0.25, 0.3) is 0 Å². The van der Waals surface area contributed by atoms with Gasteiger partial charge in [-0.3, -0.25) is 4.79 Å². The molecule has 3 aliphatic rings. The van der Waals surface area contributed by atoms with Crippen LogP contribution in [0.5, 0.6) is 0 Å². The summed E-state index contributed by atoms with van der Waals surface area (Å²) in [5.74, 6) is -0.277. The SMILES string of the molecule is CC/C=C\C/C=C\C/C=C\C/C=C\C/C=C\C/C=C\C/C=C\CCCCCCCCCCCCCCCCCC(=O)NC(COC1OC(CO)C(OC2OC(CO)C(OC3OC(CO)C(O)C(O)C3O)C(O)C2O)C(O)C1O)C(O)/C=C/CCCCCCCCCCCCCCCC. The highest BCUT2D eigenvalue weighted by Crippen LogP contribution is 2.33. The second-order valence-electron chi connectivity index (χ2n) is 27.1. The number of hydrogen-bond acceptors (Lipinski definition) is 18. The van der Waals surface area contributed by atoms with Gasteiger partial charge in [0.2, 0.25) is 5.91 Å². The van der Waals surface area contributed by atoms with Gasteiger partial charge in [0.05, 0.1) is 38.6 Å². The average molecular weight is 1390 g/mol. The molecular formula is C79H137NO18. The first-order valence-corrected chi connectivity index (χ1v) is 38.5. The Morgan fingerprint density at radius 3 is 1.10 bits per heavy atom. The number of ether oxygens (including phenoxy) is 6. The summed E-state index contributed by atoms with van der Waals surface area (Å²) < 4.78 is 34.4. The number of allylic oxidation sites excluding steroid dienone is 15. The number of nitrogens with one attached hydrogen (secondary N) is 1. The number of aliphatic hydroxyl groups excluding tert-OH is 11. The van der Waals surface area contributed by atoms with Gasteiger partial charge in [-0.15, -0.1) is 0 Å². The summed E-state index contributed by atoms with van der Waals surface area (Å²) >= 11 is 0. The minimum Gasteiger partial charge on any atom is -0.394 e. The van der Waals surface area contributed by atoms with Crippen LogP contribution in [0.4, 0.5) is 0 Å². The van der Waals surface area contributed by atoms with Gasteiger partial charge >= 0.3 is 0 Å². The molecule has 3 aliphatic heterocycles. The van der Waals surface area contributed by atoms with E-state index in [2.05, 4.69) is 104 Å². The number of carbonyl (C=O) groups excluding carboxylic acids is 1. The van der Waals surface area contributed by atoms with Crippen LogP contribution < -0.4 is 5.32 Å². The molecule has 3 heterocycles. The molecule has 0 spiro atoms. The molecule has 0 radical (unpaired) electrons. The van der Waals surface area contributed by atoms with Gasteiger partial charge in [0.15, 0.2) is 18.9 Å². The Morgan fingerprint density at radius 2 is 0.704 bits per heavy atom. The van der Waals surface area contributed by atoms with Crippen molar-refractivity contribution in [1.29, 1.82) is 0 Å². The van der Waals surface area contributed by atoms with Crippen molar-refractivity contribution in [3.8, 4) is 0 Å². The summed E-state index contributed by atoms with van der Waals surface area (Å²) in [4.78, 5) is 13.4. The highest BCUT2D eigenvalue weighted by atomic mass is 16.8. The van der Waals surface area contributed by atoms with Crippen molar-refractivity contribution >= 4 is 5.91 Å². The summed E-state index contributed by atoms with van der Waals surface area (Å²) in [5, 5.41) is 121. The Bertz CT molecular complexity index is 2150. The van der Waals surface area contributed by atoms with E-state index in [1.54, 1.807) is 6.08 Å². The van der Waals surface area contributed by atoms with Crippen LogP contribution in [0.2, 0.25) is 0 Å². The van der Waals surface area contributed by atoms with Crippen molar-refractivity contribution in [3.63, 3.8) is 0 Å². The summed E-state index contributed by atoms with van der Waals surface area (Å²) in [6, 6.07) is -0.978. The lowest BCUT2D eigenvalue weighted by Crippen LogP contribution is -2.66. The quantitative estimate of drug-likeness (QED) is 0.0199. The van der Waals surface area contributed by atoms with E-state index in [-0.39, 0.29) is 18.9 Å². The van der Waals surface area contributed by atoms with Crippen LogP contribution in [-0.4, -0.2) is 193 Å². The van der Waals surface area contributed by atoms with E-state index in [1.807, 2.05) is 6.08 Å². The van der Waals surface area contributed by atoms with Crippen molar-refractivity contribution in [2.45, 2.75) is 369 Å². The molecule has 19 nitrogen and oxygen atoms in total. The lowest BCUT2D eigenvalue weighted by atomic mass is 9.96. The van der Waals surface area contributed by atoms with Crippen molar-refractivity contribution in [1.82, 2.24) is 5.32 Å². The number of hydrogen-bond donors (Lipinski definition) is 12. The first-order valence-electron chi connectivity index (χ1n) is 38.5. The highest BCUT2D eigenvalue weighted by molar-refractivity contribution is 5.76. The second kappa shape index (κ2) is 59.1. The number of carbonyl (C=O) groups is 1. The summed E-state index contributed by atoms with van der Waals surface area (Å²) in [5.41, 5.74) is 0. The van der Waals surface area contributed by atoms with E-state index >= 15 is 0 Å². The van der Waals surface area contributed by atoms with Crippen LogP contribution in [0.25, 0.3) is 0 Å². The summed E-state index contributed by atoms with van der Waals surface area (Å²) in [7, 11) is 0. The predicted octanol–water partition coefficient (Wildman–Crippen LogP) is 12.0. The fourth-order valence-corrected chi connectivity index (χ4v) is 12.5. The fourth-order valence-electron chi connectivity index (χ4n) is 12.5. The molecule has 0 aromatic rings. The first-order chi connectivity index (χ1) is 47.8. The van der Waals surface area contributed by atoms with Gasteiger partial charge in [-0.1, -0.05) is 278 Å². The molecule has 3 fully saturated rings. The maximum absolute atomic E-state index is 13.4. The number of unbranched alkanes of at least 4 members (excludes halogenated alkanes) is 29. The molecule has 17 atom stereocenters. The maximum atomic E-state index is 13.4. The number of amides is 1. The van der Waals surface area contributed by atoms with Crippen molar-refractivity contribution < 1.29 is 89.4 Å². The van der Waals surface area contributed by atoms with Crippen LogP contribution in [0.3, 0.4) is 0 Å². The molecular weight excluding hydrogens is 1250 g/mol. The first kappa shape index (κ1) is 88.9. The molecule has 12 N–H and O–H groups in total. The van der Waals surface area contributed by atoms with Crippen molar-refractivity contribution in [2.75, 3.05) is 26.4 Å². The Morgan fingerprint density at radius 1 is 0.378 bits per heavy atom. The Balaban J connectivity index is 1.34. The van der Waals surface area contributed by atoms with Crippen LogP contribution in [0, 0.1) is 0 Å². The molecule has 566 valence electrons. The van der Waals surface area contributed by atoms with Gasteiger partial charge in [-0.05, 0) is 77.0 Å². The molecule has 0 saturated carbocycles. The largest absolute Gasteiger partial charge is 0.394 e. The van der Waals surface area contributed by atoms with E-state index in [0.29, 0.717) is 6.42 Å². The van der Waals surface area contributed by atoms with Gasteiger partial charge in [-0.25, -0.2) is 0 Å². The van der Waals surface area contributed by atoms with E-state index in [1.165, 1.54) is 141 Å². The summed E-state index contributed by atoms with van der Waals surface area (Å²) in [6.07, 6.45) is 52.5. The third-order valence-corrected chi connectivity index (χ3v) is 18.6. The zero-order chi connectivity index (χ0) is 71.1. The standard InChI is InChI=1S/C79H137NO18/c1-3-5-7-9-11-13-15-17-19-21-22-23-24-25-26-27-28-29-30-31-32-33-34-35-36-37-38-39-40-41-43-45-47-49-51-53-55-57-67(85)80-62(63(84)56-54-52-50-48-46-44-42-20-18-16-14-12-10-8-6-4-2)61-93-77-73(91)70(88)75(65(59-82)95-77)98-79-74(92)71(89)76(66(60-83)96-79)97-78-72(90)69(87)68(86)64(58-81)94-78/h5,7,11,13,17,19,22-23,25-26,28-29,31-32,54,56,62-66,68-79,81-84,86-92H,3-4,6,8-10,12,14-16,18,20-21,24,27,30,33-53,55,57-61H2,1-2H3,(H,80,85)/b7-5-,13-11-,19-17-,23-22-,26-25-,29-28-,32-31-,56-54+. The maximum Gasteiger partial charge on any atom is 0.220 e. The van der Waals surface area contributed by atoms with Crippen molar-refractivity contribution in [3.05, 3.63) is 97.2 Å². The van der Waals surface area contributed by atoms with Crippen LogP contribution in [-0.2, 0) is 33.2 Å². The van der Waals surface area contributed by atoms with E-state index in [9.17, 15) is 61.0 Å². The molecule has 0 aromatic heterocycles. The monoisotopic (exact) mass is 1390 g/mol. The molecule has 3 rings (SSSR count). The zero-order valence-corrected chi connectivity index (χ0v) is 60.2. The predicted molar refractivity (Wildman–Crippen MR) is 387 cm³/mol. The lowest BCUT2D eigenvalue weighted by molar-refractivity contribution is -0.379. The third kappa shape index (κ3) is 39.4. The average Bonchev–Trinajstić information content (AvgIpc) is 0.784. The van der Waals surface area contributed by atoms with Gasteiger partial charge in [0.1, 0.15) is 73.2 Å². The molecule has 0 aromatic carbocycles. The topological polar surface area (TPSA) is 307 Å². The smallest absolute Gasteiger partial charge is 0.220 e. The van der Waals surface area contributed by atoms with E-state index in [0.717, 1.165) is 96.3 Å². The van der Waals surface area contributed by atoms with Gasteiger partial charge < -0.3 is 89.9 Å². The highest BCUT2D eigenvalue weighted by Gasteiger charge is 2.53. The van der Waals surface area contributed by atoms with Crippen LogP contribution >= 0.6 is 0 Å². The molecule has 1 amide bonds. The van der Waals surface area contributed by atoms with Crippen LogP contribution in [0.1, 0.15) is 264 Å². The Labute approximate surface area is 590 Å².